The quantitative estimate of drug-likeness (QED) is 0.377. The number of carboxylic acid groups (broad SMARTS) is 1. The Labute approximate surface area is 88.1 Å². The van der Waals surface area contributed by atoms with Crippen molar-refractivity contribution in [1.82, 2.24) is 10.6 Å². The molecule has 1 amide bonds. The SMILES string of the molecule is CC(=O)NCN[C@@H](CS)C(=O)O.Cl. The van der Waals surface area contributed by atoms with E-state index in [1.54, 1.807) is 0 Å². The van der Waals surface area contributed by atoms with E-state index >= 15 is 0 Å². The van der Waals surface area contributed by atoms with Crippen LogP contribution in [0.3, 0.4) is 0 Å². The standard InChI is InChI=1S/C6H12N2O3S.ClH/c1-4(9)7-3-8-5(2-12)6(10)11;/h5,8,12H,2-3H2,1H3,(H,7,9)(H,10,11);1H/t5-;/m0./s1. The number of aliphatic carboxylic acids is 1. The van der Waals surface area contributed by atoms with Crippen LogP contribution in [0.2, 0.25) is 0 Å². The predicted molar refractivity (Wildman–Crippen MR) is 54.3 cm³/mol. The van der Waals surface area contributed by atoms with E-state index < -0.39 is 12.0 Å². The summed E-state index contributed by atoms with van der Waals surface area (Å²) in [5, 5.41) is 13.5. The third kappa shape index (κ3) is 7.89. The summed E-state index contributed by atoms with van der Waals surface area (Å²) in [6.45, 7) is 1.50. The summed E-state index contributed by atoms with van der Waals surface area (Å²) in [6.07, 6.45) is 0. The lowest BCUT2D eigenvalue weighted by Gasteiger charge is -2.11. The highest BCUT2D eigenvalue weighted by atomic mass is 35.5. The number of hydrogen-bond donors (Lipinski definition) is 4. The number of carbonyl (C=O) groups excluding carboxylic acids is 1. The Morgan fingerprint density at radius 3 is 2.38 bits per heavy atom. The van der Waals surface area contributed by atoms with Crippen LogP contribution >= 0.6 is 25.0 Å². The zero-order chi connectivity index (χ0) is 9.56. The topological polar surface area (TPSA) is 78.4 Å². The molecule has 78 valence electrons. The lowest BCUT2D eigenvalue weighted by molar-refractivity contribution is -0.139. The number of carbonyl (C=O) groups is 2. The Morgan fingerprint density at radius 2 is 2.08 bits per heavy atom. The van der Waals surface area contributed by atoms with Crippen LogP contribution in [0.5, 0.6) is 0 Å². The fraction of sp³-hybridized carbons (Fsp3) is 0.667. The van der Waals surface area contributed by atoms with Crippen LogP contribution in [0.15, 0.2) is 0 Å². The number of carboxylic acids is 1. The van der Waals surface area contributed by atoms with Crippen LogP contribution in [0, 0.1) is 0 Å². The average Bonchev–Trinajstić information content (AvgIpc) is 1.96. The summed E-state index contributed by atoms with van der Waals surface area (Å²) in [5.74, 6) is -0.990. The molecule has 0 rings (SSSR count). The molecular weight excluding hydrogens is 216 g/mol. The summed E-state index contributed by atoms with van der Waals surface area (Å²) < 4.78 is 0. The van der Waals surface area contributed by atoms with Crippen molar-refractivity contribution >= 4 is 36.9 Å². The minimum atomic E-state index is -0.977. The molecule has 0 heterocycles. The van der Waals surface area contributed by atoms with Gasteiger partial charge in [-0.1, -0.05) is 0 Å². The largest absolute Gasteiger partial charge is 0.480 e. The third-order valence-electron chi connectivity index (χ3n) is 1.17. The van der Waals surface area contributed by atoms with E-state index in [-0.39, 0.29) is 30.7 Å². The van der Waals surface area contributed by atoms with Gasteiger partial charge in [0.25, 0.3) is 0 Å². The van der Waals surface area contributed by atoms with Gasteiger partial charge in [-0.15, -0.1) is 12.4 Å². The average molecular weight is 229 g/mol. The molecule has 0 aliphatic carbocycles. The second-order valence-electron chi connectivity index (χ2n) is 2.19. The Kier molecular flexibility index (Phi) is 9.43. The van der Waals surface area contributed by atoms with Crippen molar-refractivity contribution in [2.45, 2.75) is 13.0 Å². The molecule has 0 saturated carbocycles. The van der Waals surface area contributed by atoms with Gasteiger partial charge in [-0.3, -0.25) is 14.9 Å². The summed E-state index contributed by atoms with van der Waals surface area (Å²) in [5.41, 5.74) is 0. The van der Waals surface area contributed by atoms with E-state index in [0.717, 1.165) is 0 Å². The molecule has 5 nitrogen and oxygen atoms in total. The molecule has 0 aromatic rings. The van der Waals surface area contributed by atoms with Crippen LogP contribution in [0.1, 0.15) is 6.92 Å². The molecule has 0 aliphatic rings. The Balaban J connectivity index is 0. The summed E-state index contributed by atoms with van der Waals surface area (Å²) in [7, 11) is 0. The highest BCUT2D eigenvalue weighted by Gasteiger charge is 2.13. The van der Waals surface area contributed by atoms with Crippen molar-refractivity contribution in [3.05, 3.63) is 0 Å². The normalized spacial score (nSPS) is 11.2. The summed E-state index contributed by atoms with van der Waals surface area (Å²) in [4.78, 5) is 20.7. The van der Waals surface area contributed by atoms with Gasteiger partial charge in [0.05, 0.1) is 6.67 Å². The molecule has 0 spiro atoms. The van der Waals surface area contributed by atoms with Crippen molar-refractivity contribution in [3.8, 4) is 0 Å². The van der Waals surface area contributed by atoms with Crippen LogP contribution in [0.4, 0.5) is 0 Å². The molecule has 0 unspecified atom stereocenters. The van der Waals surface area contributed by atoms with Gasteiger partial charge in [0, 0.05) is 12.7 Å². The molecular formula is C6H13ClN2O3S. The molecule has 3 N–H and O–H groups in total. The lowest BCUT2D eigenvalue weighted by Crippen LogP contribution is -2.44. The zero-order valence-corrected chi connectivity index (χ0v) is 8.82. The summed E-state index contributed by atoms with van der Waals surface area (Å²) in [6, 6.07) is -0.722. The van der Waals surface area contributed by atoms with Crippen LogP contribution in [0.25, 0.3) is 0 Å². The molecule has 0 radical (unpaired) electrons. The number of halogens is 1. The highest BCUT2D eigenvalue weighted by molar-refractivity contribution is 7.80. The Hall–Kier alpha value is -0.460. The molecule has 13 heavy (non-hydrogen) atoms. The van der Waals surface area contributed by atoms with Gasteiger partial charge >= 0.3 is 5.97 Å². The molecule has 0 aromatic carbocycles. The molecule has 0 aliphatic heterocycles. The van der Waals surface area contributed by atoms with Gasteiger partial charge in [-0.25, -0.2) is 0 Å². The maximum Gasteiger partial charge on any atom is 0.321 e. The number of amides is 1. The van der Waals surface area contributed by atoms with Crippen LogP contribution < -0.4 is 10.6 Å². The first-order valence-corrected chi connectivity index (χ1v) is 4.02. The molecule has 0 aromatic heterocycles. The van der Waals surface area contributed by atoms with Crippen LogP contribution in [-0.4, -0.2) is 35.4 Å². The minimum Gasteiger partial charge on any atom is -0.480 e. The smallest absolute Gasteiger partial charge is 0.321 e. The summed E-state index contributed by atoms with van der Waals surface area (Å²) >= 11 is 3.82. The van der Waals surface area contributed by atoms with Gasteiger partial charge < -0.3 is 10.4 Å². The fourth-order valence-corrected chi connectivity index (χ4v) is 0.814. The molecule has 1 atom stereocenters. The number of hydrogen-bond acceptors (Lipinski definition) is 4. The maximum atomic E-state index is 10.4. The van der Waals surface area contributed by atoms with E-state index in [1.165, 1.54) is 6.92 Å². The number of rotatable bonds is 5. The second kappa shape index (κ2) is 8.15. The predicted octanol–water partition coefficient (Wildman–Crippen LogP) is -0.526. The van der Waals surface area contributed by atoms with Gasteiger partial charge in [-0.05, 0) is 0 Å². The number of nitrogens with one attached hydrogen (secondary N) is 2. The van der Waals surface area contributed by atoms with Gasteiger partial charge in [0.15, 0.2) is 0 Å². The number of thiol groups is 1. The van der Waals surface area contributed by atoms with Crippen molar-refractivity contribution in [3.63, 3.8) is 0 Å². The Morgan fingerprint density at radius 1 is 1.54 bits per heavy atom. The first-order valence-electron chi connectivity index (χ1n) is 3.39. The second-order valence-corrected chi connectivity index (χ2v) is 2.55. The van der Waals surface area contributed by atoms with Gasteiger partial charge in [0.1, 0.15) is 6.04 Å². The third-order valence-corrected chi connectivity index (χ3v) is 1.53. The molecule has 0 saturated heterocycles. The lowest BCUT2D eigenvalue weighted by atomic mass is 10.3. The minimum absolute atomic E-state index is 0. The van der Waals surface area contributed by atoms with Crippen LogP contribution in [-0.2, 0) is 9.59 Å². The first-order chi connectivity index (χ1) is 5.57. The zero-order valence-electron chi connectivity index (χ0n) is 7.11. The first kappa shape index (κ1) is 15.0. The highest BCUT2D eigenvalue weighted by Crippen LogP contribution is 1.86. The van der Waals surface area contributed by atoms with Crippen molar-refractivity contribution in [1.29, 1.82) is 0 Å². The van der Waals surface area contributed by atoms with Crippen molar-refractivity contribution in [2.75, 3.05) is 12.4 Å². The van der Waals surface area contributed by atoms with E-state index in [4.69, 9.17) is 5.11 Å². The van der Waals surface area contributed by atoms with E-state index in [0.29, 0.717) is 0 Å². The van der Waals surface area contributed by atoms with Gasteiger partial charge in [-0.2, -0.15) is 12.6 Å². The fourth-order valence-electron chi connectivity index (χ4n) is 0.529. The maximum absolute atomic E-state index is 10.4. The monoisotopic (exact) mass is 228 g/mol. The van der Waals surface area contributed by atoms with E-state index in [2.05, 4.69) is 23.3 Å². The molecule has 7 heteroatoms. The van der Waals surface area contributed by atoms with Crippen molar-refractivity contribution < 1.29 is 14.7 Å². The Bertz CT molecular complexity index is 179. The van der Waals surface area contributed by atoms with Gasteiger partial charge in [0.2, 0.25) is 5.91 Å². The van der Waals surface area contributed by atoms with E-state index in [9.17, 15) is 9.59 Å². The molecule has 0 fully saturated rings. The molecule has 0 bridgehead atoms. The van der Waals surface area contributed by atoms with Crippen molar-refractivity contribution in [2.24, 2.45) is 0 Å². The van der Waals surface area contributed by atoms with E-state index in [1.807, 2.05) is 0 Å².